The Morgan fingerprint density at radius 3 is 2.91 bits per heavy atom. The molecule has 0 radical (unpaired) electrons. The number of carbonyl (C=O) groups is 2. The Labute approximate surface area is 131 Å². The second-order valence-electron chi connectivity index (χ2n) is 6.33. The third-order valence-corrected chi connectivity index (χ3v) is 4.75. The van der Waals surface area contributed by atoms with Crippen molar-refractivity contribution in [3.05, 3.63) is 28.8 Å². The van der Waals surface area contributed by atoms with E-state index in [9.17, 15) is 9.59 Å². The lowest BCUT2D eigenvalue weighted by Crippen LogP contribution is -2.34. The van der Waals surface area contributed by atoms with E-state index in [0.29, 0.717) is 12.8 Å². The lowest BCUT2D eigenvalue weighted by Gasteiger charge is -2.28. The van der Waals surface area contributed by atoms with E-state index in [1.807, 2.05) is 12.1 Å². The van der Waals surface area contributed by atoms with E-state index in [2.05, 4.69) is 17.6 Å². The fourth-order valence-corrected chi connectivity index (χ4v) is 3.48. The molecule has 1 aromatic rings. The summed E-state index contributed by atoms with van der Waals surface area (Å²) in [5, 5.41) is 6.31. The van der Waals surface area contributed by atoms with Gasteiger partial charge in [0.15, 0.2) is 5.78 Å². The second kappa shape index (κ2) is 6.61. The molecule has 1 aromatic carbocycles. The molecule has 1 aliphatic heterocycles. The molecule has 4 heteroatoms. The number of aryl methyl sites for hydroxylation is 1. The first-order valence-corrected chi connectivity index (χ1v) is 8.40. The number of hydrogen-bond donors (Lipinski definition) is 2. The number of ketones is 1. The van der Waals surface area contributed by atoms with E-state index in [1.54, 1.807) is 0 Å². The van der Waals surface area contributed by atoms with E-state index in [1.165, 1.54) is 6.42 Å². The largest absolute Gasteiger partial charge is 0.326 e. The Bertz CT molecular complexity index is 595. The normalized spacial score (nSPS) is 20.3. The van der Waals surface area contributed by atoms with Crippen LogP contribution >= 0.6 is 0 Å². The first-order valence-electron chi connectivity index (χ1n) is 8.40. The number of Topliss-reactive ketones (excluding diaryl/α,β-unsaturated/α-hetero) is 1. The minimum absolute atomic E-state index is 0.0495. The Hall–Kier alpha value is -1.68. The molecule has 4 nitrogen and oxygen atoms in total. The zero-order valence-corrected chi connectivity index (χ0v) is 13.2. The molecule has 0 saturated heterocycles. The monoisotopic (exact) mass is 300 g/mol. The van der Waals surface area contributed by atoms with Gasteiger partial charge in [-0.3, -0.25) is 9.59 Å². The van der Waals surface area contributed by atoms with Crippen LogP contribution in [-0.2, 0) is 17.6 Å². The van der Waals surface area contributed by atoms with E-state index >= 15 is 0 Å². The topological polar surface area (TPSA) is 58.2 Å². The van der Waals surface area contributed by atoms with E-state index < -0.39 is 0 Å². The van der Waals surface area contributed by atoms with Gasteiger partial charge >= 0.3 is 0 Å². The molecule has 1 unspecified atom stereocenters. The van der Waals surface area contributed by atoms with Gasteiger partial charge < -0.3 is 10.6 Å². The zero-order chi connectivity index (χ0) is 15.5. The number of anilines is 1. The number of rotatable bonds is 5. The van der Waals surface area contributed by atoms with E-state index in [4.69, 9.17) is 0 Å². The van der Waals surface area contributed by atoms with Gasteiger partial charge in [-0.1, -0.05) is 19.4 Å². The Kier molecular flexibility index (Phi) is 4.57. The van der Waals surface area contributed by atoms with Crippen molar-refractivity contribution in [3.63, 3.8) is 0 Å². The molecule has 1 heterocycles. The van der Waals surface area contributed by atoms with Crippen LogP contribution in [0.15, 0.2) is 12.1 Å². The van der Waals surface area contributed by atoms with Gasteiger partial charge in [0.1, 0.15) is 0 Å². The molecule has 2 N–H and O–H groups in total. The highest BCUT2D eigenvalue weighted by atomic mass is 16.1. The number of hydrogen-bond acceptors (Lipinski definition) is 3. The molecule has 0 aromatic heterocycles. The Balaban J connectivity index is 1.79. The molecule has 0 bridgehead atoms. The van der Waals surface area contributed by atoms with Gasteiger partial charge in [0.25, 0.3) is 0 Å². The third kappa shape index (κ3) is 2.93. The molecule has 1 atom stereocenters. The van der Waals surface area contributed by atoms with Crippen molar-refractivity contribution in [2.75, 3.05) is 18.4 Å². The minimum atomic E-state index is 0.0495. The maximum Gasteiger partial charge on any atom is 0.224 e. The van der Waals surface area contributed by atoms with Gasteiger partial charge in [0.2, 0.25) is 5.91 Å². The van der Waals surface area contributed by atoms with Crippen LogP contribution < -0.4 is 10.6 Å². The molecule has 3 rings (SSSR count). The predicted molar refractivity (Wildman–Crippen MR) is 87.3 cm³/mol. The van der Waals surface area contributed by atoms with Crippen LogP contribution in [-0.4, -0.2) is 24.8 Å². The number of benzene rings is 1. The van der Waals surface area contributed by atoms with E-state index in [0.717, 1.165) is 54.7 Å². The van der Waals surface area contributed by atoms with Gasteiger partial charge in [0.05, 0.1) is 0 Å². The molecule has 0 spiro atoms. The standard InChI is InChI=1S/C18H24N2O2/c1-2-3-10-19-11-13-5-4-12-6-8-15-14(17(12)18(13)22)7-9-16(21)20-15/h6,8,13,19H,2-5,7,9-11H2,1H3,(H,20,21). The number of nitrogens with one attached hydrogen (secondary N) is 2. The first-order chi connectivity index (χ1) is 10.7. The molecule has 0 saturated carbocycles. The average molecular weight is 300 g/mol. The van der Waals surface area contributed by atoms with Crippen molar-refractivity contribution in [3.8, 4) is 0 Å². The van der Waals surface area contributed by atoms with Gasteiger partial charge in [-0.15, -0.1) is 0 Å². The van der Waals surface area contributed by atoms with Crippen LogP contribution in [0.2, 0.25) is 0 Å². The molecule has 1 aliphatic carbocycles. The predicted octanol–water partition coefficient (Wildman–Crippen LogP) is 2.71. The van der Waals surface area contributed by atoms with Crippen molar-refractivity contribution in [2.45, 2.75) is 45.4 Å². The number of carbonyl (C=O) groups excluding carboxylic acids is 2. The van der Waals surface area contributed by atoms with Crippen LogP contribution in [0.1, 0.15) is 54.1 Å². The van der Waals surface area contributed by atoms with Gasteiger partial charge in [-0.25, -0.2) is 0 Å². The fourth-order valence-electron chi connectivity index (χ4n) is 3.48. The fraction of sp³-hybridized carbons (Fsp3) is 0.556. The molecule has 2 aliphatic rings. The van der Waals surface area contributed by atoms with Crippen molar-refractivity contribution in [1.82, 2.24) is 5.32 Å². The average Bonchev–Trinajstić information content (AvgIpc) is 2.52. The molecule has 22 heavy (non-hydrogen) atoms. The summed E-state index contributed by atoms with van der Waals surface area (Å²) in [4.78, 5) is 24.4. The third-order valence-electron chi connectivity index (χ3n) is 4.75. The van der Waals surface area contributed by atoms with Crippen molar-refractivity contribution in [1.29, 1.82) is 0 Å². The van der Waals surface area contributed by atoms with Gasteiger partial charge in [0, 0.05) is 30.1 Å². The Morgan fingerprint density at radius 1 is 1.23 bits per heavy atom. The summed E-state index contributed by atoms with van der Waals surface area (Å²) < 4.78 is 0. The summed E-state index contributed by atoms with van der Waals surface area (Å²) in [6.07, 6.45) is 5.38. The number of fused-ring (bicyclic) bond motifs is 3. The first kappa shape index (κ1) is 15.2. The summed E-state index contributed by atoms with van der Waals surface area (Å²) in [7, 11) is 0. The maximum atomic E-state index is 12.9. The quantitative estimate of drug-likeness (QED) is 0.822. The van der Waals surface area contributed by atoms with Crippen LogP contribution in [0, 0.1) is 5.92 Å². The van der Waals surface area contributed by atoms with Gasteiger partial charge in [-0.2, -0.15) is 0 Å². The summed E-state index contributed by atoms with van der Waals surface area (Å²) in [5.74, 6) is 0.389. The summed E-state index contributed by atoms with van der Waals surface area (Å²) in [6, 6.07) is 3.97. The molecular weight excluding hydrogens is 276 g/mol. The highest BCUT2D eigenvalue weighted by Gasteiger charge is 2.31. The van der Waals surface area contributed by atoms with Crippen molar-refractivity contribution < 1.29 is 9.59 Å². The highest BCUT2D eigenvalue weighted by molar-refractivity contribution is 6.05. The highest BCUT2D eigenvalue weighted by Crippen LogP contribution is 2.34. The smallest absolute Gasteiger partial charge is 0.224 e. The summed E-state index contributed by atoms with van der Waals surface area (Å²) in [5.41, 5.74) is 3.94. The van der Waals surface area contributed by atoms with Crippen LogP contribution in [0.25, 0.3) is 0 Å². The van der Waals surface area contributed by atoms with E-state index in [-0.39, 0.29) is 17.6 Å². The Morgan fingerprint density at radius 2 is 2.09 bits per heavy atom. The van der Waals surface area contributed by atoms with Crippen molar-refractivity contribution in [2.24, 2.45) is 5.92 Å². The summed E-state index contributed by atoms with van der Waals surface area (Å²) in [6.45, 7) is 3.93. The van der Waals surface area contributed by atoms with Gasteiger partial charge in [-0.05, 0) is 49.4 Å². The molecule has 118 valence electrons. The number of unbranched alkanes of at least 4 members (excludes halogenated alkanes) is 1. The molecule has 0 fully saturated rings. The summed E-state index contributed by atoms with van der Waals surface area (Å²) >= 11 is 0. The molecular formula is C18H24N2O2. The van der Waals surface area contributed by atoms with Crippen molar-refractivity contribution >= 4 is 17.4 Å². The zero-order valence-electron chi connectivity index (χ0n) is 13.2. The SMILES string of the molecule is CCCCNCC1CCc2ccc3c(c2C1=O)CCC(=O)N3. The minimum Gasteiger partial charge on any atom is -0.326 e. The van der Waals surface area contributed by atoms with Crippen LogP contribution in [0.3, 0.4) is 0 Å². The van der Waals surface area contributed by atoms with Crippen LogP contribution in [0.5, 0.6) is 0 Å². The number of amides is 1. The molecule has 1 amide bonds. The maximum absolute atomic E-state index is 12.9. The lowest BCUT2D eigenvalue weighted by atomic mass is 9.78. The van der Waals surface area contributed by atoms with Crippen LogP contribution in [0.4, 0.5) is 5.69 Å². The second-order valence-corrected chi connectivity index (χ2v) is 6.33. The lowest BCUT2D eigenvalue weighted by molar-refractivity contribution is -0.116.